The Bertz CT molecular complexity index is 633. The first-order chi connectivity index (χ1) is 9.69. The quantitative estimate of drug-likeness (QED) is 0.801. The number of hydrogen-bond acceptors (Lipinski definition) is 3. The predicted octanol–water partition coefficient (Wildman–Crippen LogP) is 3.03. The Balaban J connectivity index is 3.12. The molecule has 0 spiro atoms. The monoisotopic (exact) mass is 337 g/mol. The highest BCUT2D eigenvalue weighted by Crippen LogP contribution is 2.24. The van der Waals surface area contributed by atoms with Crippen molar-refractivity contribution >= 4 is 27.6 Å². The predicted molar refractivity (Wildman–Crippen MR) is 77.7 cm³/mol. The highest BCUT2D eigenvalue weighted by Gasteiger charge is 2.23. The molecule has 0 fully saturated rings. The zero-order valence-electron chi connectivity index (χ0n) is 11.7. The van der Waals surface area contributed by atoms with Crippen LogP contribution in [0.25, 0.3) is 0 Å². The van der Waals surface area contributed by atoms with Gasteiger partial charge in [-0.25, -0.2) is 22.3 Å². The lowest BCUT2D eigenvalue weighted by Gasteiger charge is -2.14. The SMILES string of the molecule is CCCCC(C)NS(=O)(=O)c1cc(F)c(Cl)c(C(=O)O)c1. The van der Waals surface area contributed by atoms with Crippen LogP contribution in [0, 0.1) is 5.82 Å². The molecule has 0 bridgehead atoms. The lowest BCUT2D eigenvalue weighted by Crippen LogP contribution is -2.32. The van der Waals surface area contributed by atoms with Crippen LogP contribution in [0.1, 0.15) is 43.5 Å². The number of halogens is 2. The van der Waals surface area contributed by atoms with Gasteiger partial charge in [0.2, 0.25) is 10.0 Å². The lowest BCUT2D eigenvalue weighted by molar-refractivity contribution is 0.0696. The van der Waals surface area contributed by atoms with Crippen LogP contribution in [0.4, 0.5) is 4.39 Å². The molecule has 0 aliphatic carbocycles. The number of carboxylic acids is 1. The van der Waals surface area contributed by atoms with Crippen molar-refractivity contribution in [1.82, 2.24) is 4.72 Å². The van der Waals surface area contributed by atoms with Crippen LogP contribution in [-0.2, 0) is 10.0 Å². The van der Waals surface area contributed by atoms with Crippen molar-refractivity contribution in [2.45, 2.75) is 44.0 Å². The molecule has 2 N–H and O–H groups in total. The second kappa shape index (κ2) is 7.20. The van der Waals surface area contributed by atoms with Crippen molar-refractivity contribution in [3.05, 3.63) is 28.5 Å². The van der Waals surface area contributed by atoms with Crippen molar-refractivity contribution in [2.24, 2.45) is 0 Å². The van der Waals surface area contributed by atoms with Gasteiger partial charge in [0.05, 0.1) is 15.5 Å². The molecule has 0 radical (unpaired) electrons. The van der Waals surface area contributed by atoms with E-state index in [0.717, 1.165) is 18.9 Å². The number of sulfonamides is 1. The molecule has 0 aliphatic heterocycles. The van der Waals surface area contributed by atoms with Crippen molar-refractivity contribution in [3.63, 3.8) is 0 Å². The van der Waals surface area contributed by atoms with Crippen LogP contribution in [0.2, 0.25) is 5.02 Å². The van der Waals surface area contributed by atoms with Gasteiger partial charge in [-0.15, -0.1) is 0 Å². The van der Waals surface area contributed by atoms with Crippen LogP contribution in [0.5, 0.6) is 0 Å². The number of unbranched alkanes of at least 4 members (excludes halogenated alkanes) is 1. The fourth-order valence-corrected chi connectivity index (χ4v) is 3.28. The first kappa shape index (κ1) is 17.9. The van der Waals surface area contributed by atoms with Gasteiger partial charge in [-0.1, -0.05) is 31.4 Å². The standard InChI is InChI=1S/C13H17ClFNO4S/c1-3-4-5-8(2)16-21(19,20)9-6-10(13(17)18)12(14)11(15)7-9/h6-8,16H,3-5H2,1-2H3,(H,17,18). The van der Waals surface area contributed by atoms with Gasteiger partial charge in [0.15, 0.2) is 0 Å². The van der Waals surface area contributed by atoms with E-state index in [1.807, 2.05) is 6.92 Å². The maximum Gasteiger partial charge on any atom is 0.337 e. The molecule has 0 saturated carbocycles. The van der Waals surface area contributed by atoms with Gasteiger partial charge in [0.1, 0.15) is 5.82 Å². The summed E-state index contributed by atoms with van der Waals surface area (Å²) in [4.78, 5) is 10.5. The van der Waals surface area contributed by atoms with E-state index in [4.69, 9.17) is 16.7 Å². The topological polar surface area (TPSA) is 83.5 Å². The summed E-state index contributed by atoms with van der Waals surface area (Å²) < 4.78 is 40.2. The summed E-state index contributed by atoms with van der Waals surface area (Å²) in [5, 5.41) is 8.30. The Morgan fingerprint density at radius 3 is 2.62 bits per heavy atom. The van der Waals surface area contributed by atoms with Gasteiger partial charge < -0.3 is 5.11 Å². The number of carbonyl (C=O) groups is 1. The van der Waals surface area contributed by atoms with E-state index in [1.54, 1.807) is 6.92 Å². The lowest BCUT2D eigenvalue weighted by atomic mass is 10.2. The molecule has 0 aliphatic rings. The fraction of sp³-hybridized carbons (Fsp3) is 0.462. The summed E-state index contributed by atoms with van der Waals surface area (Å²) in [6.07, 6.45) is 2.40. The molecular formula is C13H17ClFNO4S. The Morgan fingerprint density at radius 2 is 2.10 bits per heavy atom. The van der Waals surface area contributed by atoms with Gasteiger partial charge in [-0.05, 0) is 25.5 Å². The number of carboxylic acid groups (broad SMARTS) is 1. The highest BCUT2D eigenvalue weighted by molar-refractivity contribution is 7.89. The summed E-state index contributed by atoms with van der Waals surface area (Å²) in [6.45, 7) is 3.67. The third-order valence-electron chi connectivity index (χ3n) is 2.89. The van der Waals surface area contributed by atoms with E-state index in [9.17, 15) is 17.6 Å². The first-order valence-electron chi connectivity index (χ1n) is 6.43. The van der Waals surface area contributed by atoms with E-state index < -0.39 is 37.3 Å². The second-order valence-corrected chi connectivity index (χ2v) is 6.83. The molecule has 0 amide bonds. The zero-order valence-corrected chi connectivity index (χ0v) is 13.3. The van der Waals surface area contributed by atoms with Gasteiger partial charge in [-0.3, -0.25) is 0 Å². The molecule has 0 aromatic heterocycles. The molecular weight excluding hydrogens is 321 g/mol. The maximum atomic E-state index is 13.6. The van der Waals surface area contributed by atoms with E-state index in [0.29, 0.717) is 12.5 Å². The third-order valence-corrected chi connectivity index (χ3v) is 4.84. The molecule has 0 heterocycles. The fourth-order valence-electron chi connectivity index (χ4n) is 1.78. The summed E-state index contributed by atoms with van der Waals surface area (Å²) in [5.74, 6) is -2.58. The van der Waals surface area contributed by atoms with Crippen molar-refractivity contribution in [2.75, 3.05) is 0 Å². The molecule has 1 rings (SSSR count). The van der Waals surface area contributed by atoms with E-state index in [-0.39, 0.29) is 6.04 Å². The van der Waals surface area contributed by atoms with Crippen LogP contribution in [-0.4, -0.2) is 25.5 Å². The molecule has 118 valence electrons. The van der Waals surface area contributed by atoms with Gasteiger partial charge >= 0.3 is 5.97 Å². The van der Waals surface area contributed by atoms with Crippen molar-refractivity contribution in [3.8, 4) is 0 Å². The van der Waals surface area contributed by atoms with Gasteiger partial charge in [0.25, 0.3) is 0 Å². The Kier molecular flexibility index (Phi) is 6.12. The van der Waals surface area contributed by atoms with Gasteiger partial charge in [-0.2, -0.15) is 0 Å². The number of nitrogens with one attached hydrogen (secondary N) is 1. The normalized spacial score (nSPS) is 13.1. The molecule has 21 heavy (non-hydrogen) atoms. The smallest absolute Gasteiger partial charge is 0.337 e. The molecule has 1 atom stereocenters. The Hall–Kier alpha value is -1.18. The van der Waals surface area contributed by atoms with Crippen LogP contribution < -0.4 is 4.72 Å². The Morgan fingerprint density at radius 1 is 1.48 bits per heavy atom. The number of rotatable bonds is 7. The summed E-state index contributed by atoms with van der Waals surface area (Å²) in [5.41, 5.74) is -0.585. The maximum absolute atomic E-state index is 13.6. The minimum atomic E-state index is -4.00. The van der Waals surface area contributed by atoms with Crippen LogP contribution >= 0.6 is 11.6 Å². The molecule has 8 heteroatoms. The van der Waals surface area contributed by atoms with Crippen LogP contribution in [0.15, 0.2) is 17.0 Å². The average molecular weight is 338 g/mol. The van der Waals surface area contributed by atoms with E-state index in [1.165, 1.54) is 0 Å². The zero-order chi connectivity index (χ0) is 16.2. The van der Waals surface area contributed by atoms with Crippen molar-refractivity contribution < 1.29 is 22.7 Å². The minimum absolute atomic E-state index is 0.332. The van der Waals surface area contributed by atoms with Crippen molar-refractivity contribution in [1.29, 1.82) is 0 Å². The van der Waals surface area contributed by atoms with Crippen LogP contribution in [0.3, 0.4) is 0 Å². The summed E-state index contributed by atoms with van der Waals surface area (Å²) >= 11 is 5.51. The van der Waals surface area contributed by atoms with Gasteiger partial charge in [0, 0.05) is 6.04 Å². The summed E-state index contributed by atoms with van der Waals surface area (Å²) in [6, 6.07) is 1.23. The molecule has 1 aromatic carbocycles. The number of benzene rings is 1. The molecule has 1 aromatic rings. The van der Waals surface area contributed by atoms with E-state index >= 15 is 0 Å². The number of hydrogen-bond donors (Lipinski definition) is 2. The highest BCUT2D eigenvalue weighted by atomic mass is 35.5. The number of aromatic carboxylic acids is 1. The molecule has 0 saturated heterocycles. The van der Waals surface area contributed by atoms with E-state index in [2.05, 4.69) is 4.72 Å². The summed E-state index contributed by atoms with van der Waals surface area (Å²) in [7, 11) is -4.00. The average Bonchev–Trinajstić information content (AvgIpc) is 2.38. The second-order valence-electron chi connectivity index (χ2n) is 4.74. The first-order valence-corrected chi connectivity index (χ1v) is 8.29. The molecule has 1 unspecified atom stereocenters. The largest absolute Gasteiger partial charge is 0.478 e. The Labute approximate surface area is 128 Å². The molecule has 5 nitrogen and oxygen atoms in total. The minimum Gasteiger partial charge on any atom is -0.478 e. The third kappa shape index (κ3) is 4.66.